The Morgan fingerprint density at radius 3 is 2.14 bits per heavy atom. The lowest BCUT2D eigenvalue weighted by Crippen LogP contribution is -2.87. The van der Waals surface area contributed by atoms with Crippen molar-refractivity contribution < 1.29 is 10.1 Å². The second kappa shape index (κ2) is 10.4. The Kier molecular flexibility index (Phi) is 7.39. The van der Waals surface area contributed by atoms with E-state index in [2.05, 4.69) is 78.2 Å². The molecule has 3 rings (SSSR count). The largest absolute Gasteiger partial charge is 0.351 e. The van der Waals surface area contributed by atoms with Gasteiger partial charge in [0.25, 0.3) is 5.91 Å². The first-order chi connectivity index (χ1) is 13.7. The Morgan fingerprint density at radius 2 is 1.46 bits per heavy atom. The fourth-order valence-corrected chi connectivity index (χ4v) is 3.36. The Balaban J connectivity index is 1.51. The van der Waals surface area contributed by atoms with Crippen LogP contribution in [0.4, 0.5) is 0 Å². The van der Waals surface area contributed by atoms with Gasteiger partial charge in [-0.1, -0.05) is 90.5 Å². The van der Waals surface area contributed by atoms with Gasteiger partial charge >= 0.3 is 0 Å². The third-order valence-electron chi connectivity index (χ3n) is 4.94. The van der Waals surface area contributed by atoms with Crippen molar-refractivity contribution in [2.75, 3.05) is 13.1 Å². The van der Waals surface area contributed by atoms with E-state index in [1.54, 1.807) is 0 Å². The van der Waals surface area contributed by atoms with E-state index < -0.39 is 0 Å². The molecule has 0 aromatic heterocycles. The molecular formula is C25H29N2O+. The van der Waals surface area contributed by atoms with Gasteiger partial charge in [-0.05, 0) is 25.3 Å². The van der Waals surface area contributed by atoms with Gasteiger partial charge in [0, 0.05) is 17.7 Å². The molecule has 0 heterocycles. The lowest BCUT2D eigenvalue weighted by Gasteiger charge is -2.17. The molecule has 3 N–H and O–H groups in total. The quantitative estimate of drug-likeness (QED) is 0.555. The molecule has 0 aliphatic carbocycles. The molecular weight excluding hydrogens is 344 g/mol. The van der Waals surface area contributed by atoms with Crippen molar-refractivity contribution in [3.05, 3.63) is 107 Å². The zero-order valence-electron chi connectivity index (χ0n) is 16.5. The van der Waals surface area contributed by atoms with Gasteiger partial charge in [-0.3, -0.25) is 4.79 Å². The molecule has 0 unspecified atom stereocenters. The number of rotatable bonds is 9. The maximum atomic E-state index is 12.3. The van der Waals surface area contributed by atoms with Crippen LogP contribution in [-0.2, 0) is 11.2 Å². The summed E-state index contributed by atoms with van der Waals surface area (Å²) in [5.41, 5.74) is 4.98. The fraction of sp³-hybridized carbons (Fsp3) is 0.240. The highest BCUT2D eigenvalue weighted by molar-refractivity contribution is 5.76. The molecule has 1 atom stereocenters. The summed E-state index contributed by atoms with van der Waals surface area (Å²) in [6.07, 6.45) is 1.94. The Bertz CT molecular complexity index is 845. The van der Waals surface area contributed by atoms with Crippen LogP contribution in [-0.4, -0.2) is 19.0 Å². The molecule has 3 nitrogen and oxygen atoms in total. The van der Waals surface area contributed by atoms with E-state index in [1.807, 2.05) is 24.3 Å². The molecule has 28 heavy (non-hydrogen) atoms. The number of benzene rings is 3. The second-order valence-electron chi connectivity index (χ2n) is 7.18. The van der Waals surface area contributed by atoms with Gasteiger partial charge in [0.05, 0.1) is 0 Å². The number of nitrogens with two attached hydrogens (primary N) is 1. The predicted molar refractivity (Wildman–Crippen MR) is 114 cm³/mol. The van der Waals surface area contributed by atoms with Crippen LogP contribution in [0.25, 0.3) is 0 Å². The smallest absolute Gasteiger partial charge is 0.275 e. The maximum Gasteiger partial charge on any atom is 0.275 e. The minimum atomic E-state index is 0.0844. The summed E-state index contributed by atoms with van der Waals surface area (Å²) in [4.78, 5) is 12.3. The average Bonchev–Trinajstić information content (AvgIpc) is 2.74. The third kappa shape index (κ3) is 6.07. The van der Waals surface area contributed by atoms with Crippen molar-refractivity contribution in [3.8, 4) is 0 Å². The Hall–Kier alpha value is -2.91. The molecule has 3 aromatic rings. The highest BCUT2D eigenvalue weighted by Crippen LogP contribution is 2.18. The van der Waals surface area contributed by atoms with Crippen molar-refractivity contribution in [3.63, 3.8) is 0 Å². The number of hydrogen-bond donors (Lipinski definition) is 2. The van der Waals surface area contributed by atoms with E-state index in [-0.39, 0.29) is 11.9 Å². The van der Waals surface area contributed by atoms with E-state index in [9.17, 15) is 4.79 Å². The van der Waals surface area contributed by atoms with E-state index in [0.717, 1.165) is 12.8 Å². The minimum Gasteiger partial charge on any atom is -0.351 e. The Morgan fingerprint density at radius 1 is 0.857 bits per heavy atom. The topological polar surface area (TPSA) is 45.7 Å². The molecule has 0 saturated heterocycles. The number of carbonyl (C=O) groups is 1. The van der Waals surface area contributed by atoms with Crippen LogP contribution >= 0.6 is 0 Å². The monoisotopic (exact) mass is 373 g/mol. The Labute approximate surface area is 167 Å². The van der Waals surface area contributed by atoms with E-state index in [0.29, 0.717) is 13.1 Å². The molecule has 1 amide bonds. The first-order valence-corrected chi connectivity index (χ1v) is 9.98. The number of aryl methyl sites for hydroxylation is 2. The lowest BCUT2D eigenvalue weighted by atomic mass is 9.98. The zero-order chi connectivity index (χ0) is 19.6. The third-order valence-corrected chi connectivity index (χ3v) is 4.94. The normalized spacial score (nSPS) is 11.8. The first-order valence-electron chi connectivity index (χ1n) is 9.98. The van der Waals surface area contributed by atoms with Gasteiger partial charge in [0.2, 0.25) is 0 Å². The second-order valence-corrected chi connectivity index (χ2v) is 7.18. The molecule has 0 bridgehead atoms. The molecule has 0 saturated carbocycles. The standard InChI is InChI=1S/C25H28N2O/c1-20-14-16-23(17-15-20)25(22-12-6-3-7-13-22)27-19-24(28)26-18-8-11-21-9-4-2-5-10-21/h2-7,9-10,12-17,25,27H,8,11,18-19H2,1H3,(H,26,28)/p+1/t25-/m0/s1. The van der Waals surface area contributed by atoms with Gasteiger partial charge in [-0.25, -0.2) is 0 Å². The first kappa shape index (κ1) is 19.8. The molecule has 0 aliphatic rings. The summed E-state index contributed by atoms with van der Waals surface area (Å²) in [6, 6.07) is 29.4. The van der Waals surface area contributed by atoms with Crippen molar-refractivity contribution in [1.29, 1.82) is 0 Å². The molecule has 0 aliphatic heterocycles. The summed E-state index contributed by atoms with van der Waals surface area (Å²) in [5.74, 6) is 0.0844. The minimum absolute atomic E-state index is 0.0844. The number of quaternary nitrogens is 1. The van der Waals surface area contributed by atoms with Crippen molar-refractivity contribution >= 4 is 5.91 Å². The zero-order valence-corrected chi connectivity index (χ0v) is 16.5. The lowest BCUT2D eigenvalue weighted by molar-refractivity contribution is -0.676. The van der Waals surface area contributed by atoms with Crippen LogP contribution in [0.5, 0.6) is 0 Å². The summed E-state index contributed by atoms with van der Waals surface area (Å²) in [7, 11) is 0. The van der Waals surface area contributed by atoms with E-state index >= 15 is 0 Å². The van der Waals surface area contributed by atoms with Crippen molar-refractivity contribution in [1.82, 2.24) is 5.32 Å². The number of hydrogen-bond acceptors (Lipinski definition) is 1. The summed E-state index contributed by atoms with van der Waals surface area (Å²) >= 11 is 0. The van der Waals surface area contributed by atoms with Crippen molar-refractivity contribution in [2.45, 2.75) is 25.8 Å². The van der Waals surface area contributed by atoms with Gasteiger partial charge in [0.1, 0.15) is 6.04 Å². The summed E-state index contributed by atoms with van der Waals surface area (Å²) < 4.78 is 0. The molecule has 0 fully saturated rings. The van der Waals surface area contributed by atoms with Crippen LogP contribution < -0.4 is 10.6 Å². The SMILES string of the molecule is Cc1ccc([C@@H]([NH2+]CC(=O)NCCCc2ccccc2)c2ccccc2)cc1. The fourth-order valence-electron chi connectivity index (χ4n) is 3.36. The average molecular weight is 374 g/mol. The summed E-state index contributed by atoms with van der Waals surface area (Å²) in [5, 5.41) is 5.17. The van der Waals surface area contributed by atoms with Crippen LogP contribution in [0.2, 0.25) is 0 Å². The molecule has 3 heteroatoms. The highest BCUT2D eigenvalue weighted by atomic mass is 16.1. The van der Waals surface area contributed by atoms with Gasteiger partial charge < -0.3 is 10.6 Å². The van der Waals surface area contributed by atoms with Crippen LogP contribution in [0.3, 0.4) is 0 Å². The van der Waals surface area contributed by atoms with Crippen LogP contribution in [0.15, 0.2) is 84.9 Å². The van der Waals surface area contributed by atoms with Crippen molar-refractivity contribution in [2.24, 2.45) is 0 Å². The molecule has 0 spiro atoms. The number of amides is 1. The van der Waals surface area contributed by atoms with Gasteiger partial charge in [-0.2, -0.15) is 0 Å². The number of carbonyl (C=O) groups excluding carboxylic acids is 1. The predicted octanol–water partition coefficient (Wildman–Crippen LogP) is 3.40. The van der Waals surface area contributed by atoms with Gasteiger partial charge in [0.15, 0.2) is 6.54 Å². The highest BCUT2D eigenvalue weighted by Gasteiger charge is 2.18. The van der Waals surface area contributed by atoms with Crippen LogP contribution in [0, 0.1) is 6.92 Å². The summed E-state index contributed by atoms with van der Waals surface area (Å²) in [6.45, 7) is 3.22. The van der Waals surface area contributed by atoms with E-state index in [4.69, 9.17) is 0 Å². The molecule has 144 valence electrons. The maximum absolute atomic E-state index is 12.3. The molecule has 0 radical (unpaired) electrons. The van der Waals surface area contributed by atoms with Gasteiger partial charge in [-0.15, -0.1) is 0 Å². The van der Waals surface area contributed by atoms with E-state index in [1.165, 1.54) is 22.3 Å². The number of nitrogens with one attached hydrogen (secondary N) is 1. The molecule has 3 aromatic carbocycles. The van der Waals surface area contributed by atoms with Crippen LogP contribution in [0.1, 0.15) is 34.7 Å².